The summed E-state index contributed by atoms with van der Waals surface area (Å²) in [4.78, 5) is 22.3. The summed E-state index contributed by atoms with van der Waals surface area (Å²) in [6, 6.07) is 7.42. The van der Waals surface area contributed by atoms with Crippen LogP contribution in [0.25, 0.3) is 16.7 Å². The van der Waals surface area contributed by atoms with Gasteiger partial charge in [0.05, 0.1) is 29.2 Å². The van der Waals surface area contributed by atoms with Gasteiger partial charge in [-0.05, 0) is 25.8 Å². The Kier molecular flexibility index (Phi) is 6.22. The number of aryl methyl sites for hydroxylation is 1. The Morgan fingerprint density at radius 3 is 2.69 bits per heavy atom. The van der Waals surface area contributed by atoms with Gasteiger partial charge < -0.3 is 9.47 Å². The van der Waals surface area contributed by atoms with Gasteiger partial charge in [0.1, 0.15) is 12.1 Å². The van der Waals surface area contributed by atoms with Crippen molar-refractivity contribution in [3.63, 3.8) is 0 Å². The Hall–Kier alpha value is -3.78. The molecule has 10 nitrogen and oxygen atoms in total. The van der Waals surface area contributed by atoms with Gasteiger partial charge in [-0.3, -0.25) is 14.4 Å². The first-order valence-corrected chi connectivity index (χ1v) is 12.3. The quantitative estimate of drug-likeness (QED) is 0.409. The maximum atomic E-state index is 13.6. The number of anilines is 1. The van der Waals surface area contributed by atoms with E-state index in [2.05, 4.69) is 51.8 Å². The number of hydrogen-bond donors (Lipinski definition) is 0. The van der Waals surface area contributed by atoms with Gasteiger partial charge in [-0.25, -0.2) is 9.50 Å². The van der Waals surface area contributed by atoms with Crippen molar-refractivity contribution in [3.05, 3.63) is 52.6 Å². The van der Waals surface area contributed by atoms with Gasteiger partial charge in [-0.2, -0.15) is 14.8 Å². The Bertz CT molecular complexity index is 1510. The van der Waals surface area contributed by atoms with Crippen molar-refractivity contribution in [1.29, 1.82) is 5.26 Å². The number of aromatic nitrogens is 6. The number of rotatable bonds is 6. The molecular weight excluding hydrogens is 461 g/mol. The van der Waals surface area contributed by atoms with E-state index in [0.29, 0.717) is 5.65 Å². The fraction of sp³-hybridized carbons (Fsp3) is 0.480. The third-order valence-corrected chi connectivity index (χ3v) is 7.40. The lowest BCUT2D eigenvalue weighted by atomic mass is 9.98. The normalized spacial score (nSPS) is 19.7. The summed E-state index contributed by atoms with van der Waals surface area (Å²) in [6.07, 6.45) is 5.31. The monoisotopic (exact) mass is 491 g/mol. The van der Waals surface area contributed by atoms with Gasteiger partial charge in [-0.1, -0.05) is 13.8 Å². The minimum absolute atomic E-state index is 0.0209. The molecule has 0 saturated carbocycles. The number of hydrogen-bond acceptors (Lipinski definition) is 7. The predicted molar refractivity (Wildman–Crippen MR) is 134 cm³/mol. The average Bonchev–Trinajstić information content (AvgIpc) is 3.47. The van der Waals surface area contributed by atoms with Crippen LogP contribution in [0.3, 0.4) is 0 Å². The summed E-state index contributed by atoms with van der Waals surface area (Å²) in [5, 5.41) is 17.6. The Labute approximate surface area is 208 Å². The fourth-order valence-electron chi connectivity index (χ4n) is 5.33. The zero-order valence-corrected chi connectivity index (χ0v) is 21.0. The SMILES string of the molecule is CC[C@H]1CN(C(C)c2ccn3nc(F)cc3n2)[C@H](CC)CN1c1cc(=O)n(C)c2cn(CC#N)nc12. The van der Waals surface area contributed by atoms with E-state index in [0.717, 1.165) is 48.3 Å². The van der Waals surface area contributed by atoms with E-state index >= 15 is 0 Å². The molecule has 5 heterocycles. The van der Waals surface area contributed by atoms with Crippen molar-refractivity contribution in [3.8, 4) is 6.07 Å². The molecule has 0 bridgehead atoms. The molecular formula is C25H30FN9O. The first kappa shape index (κ1) is 23.9. The Morgan fingerprint density at radius 1 is 1.19 bits per heavy atom. The molecule has 1 unspecified atom stereocenters. The lowest BCUT2D eigenvalue weighted by molar-refractivity contribution is 0.0992. The smallest absolute Gasteiger partial charge is 0.252 e. The second-order valence-corrected chi connectivity index (χ2v) is 9.42. The summed E-state index contributed by atoms with van der Waals surface area (Å²) >= 11 is 0. The summed E-state index contributed by atoms with van der Waals surface area (Å²) in [5.41, 5.74) is 3.53. The first-order chi connectivity index (χ1) is 17.3. The number of fused-ring (bicyclic) bond motifs is 2. The molecule has 0 aliphatic carbocycles. The van der Waals surface area contributed by atoms with Crippen LogP contribution < -0.4 is 10.5 Å². The van der Waals surface area contributed by atoms with E-state index < -0.39 is 5.95 Å². The molecule has 11 heteroatoms. The third-order valence-electron chi connectivity index (χ3n) is 7.40. The highest BCUT2D eigenvalue weighted by atomic mass is 19.1. The molecule has 1 saturated heterocycles. The zero-order chi connectivity index (χ0) is 25.6. The summed E-state index contributed by atoms with van der Waals surface area (Å²) in [7, 11) is 1.73. The van der Waals surface area contributed by atoms with Crippen molar-refractivity contribution in [2.75, 3.05) is 18.0 Å². The van der Waals surface area contributed by atoms with E-state index in [1.54, 1.807) is 34.8 Å². The van der Waals surface area contributed by atoms with Gasteiger partial charge in [0.2, 0.25) is 5.95 Å². The second-order valence-electron chi connectivity index (χ2n) is 9.42. The van der Waals surface area contributed by atoms with Crippen LogP contribution >= 0.6 is 0 Å². The summed E-state index contributed by atoms with van der Waals surface area (Å²) in [6.45, 7) is 8.09. The molecule has 4 aromatic heterocycles. The number of halogens is 1. The number of pyridine rings is 1. The molecule has 0 spiro atoms. The molecule has 36 heavy (non-hydrogen) atoms. The molecule has 3 atom stereocenters. The van der Waals surface area contributed by atoms with E-state index in [4.69, 9.17) is 5.26 Å². The maximum Gasteiger partial charge on any atom is 0.252 e. The predicted octanol–water partition coefficient (Wildman–Crippen LogP) is 2.88. The van der Waals surface area contributed by atoms with Crippen LogP contribution in [0.5, 0.6) is 0 Å². The highest BCUT2D eigenvalue weighted by molar-refractivity contribution is 5.88. The van der Waals surface area contributed by atoms with Crippen molar-refractivity contribution in [1.82, 2.24) is 33.8 Å². The summed E-state index contributed by atoms with van der Waals surface area (Å²) < 4.78 is 18.2. The molecule has 1 aliphatic heterocycles. The largest absolute Gasteiger partial charge is 0.364 e. The molecule has 1 aliphatic rings. The van der Waals surface area contributed by atoms with Crippen LogP contribution in [0.1, 0.15) is 45.3 Å². The van der Waals surface area contributed by atoms with Crippen LogP contribution in [0.4, 0.5) is 10.1 Å². The molecule has 0 radical (unpaired) electrons. The van der Waals surface area contributed by atoms with Crippen LogP contribution in [-0.2, 0) is 13.6 Å². The molecule has 0 N–H and O–H groups in total. The van der Waals surface area contributed by atoms with Gasteiger partial charge >= 0.3 is 0 Å². The van der Waals surface area contributed by atoms with Gasteiger partial charge in [0.15, 0.2) is 5.65 Å². The first-order valence-electron chi connectivity index (χ1n) is 12.3. The molecule has 188 valence electrons. The molecule has 5 rings (SSSR count). The lowest BCUT2D eigenvalue weighted by Gasteiger charge is -2.49. The summed E-state index contributed by atoms with van der Waals surface area (Å²) in [5.74, 6) is -0.545. The maximum absolute atomic E-state index is 13.6. The highest BCUT2D eigenvalue weighted by Gasteiger charge is 2.36. The number of piperazine rings is 1. The number of nitriles is 1. The fourth-order valence-corrected chi connectivity index (χ4v) is 5.33. The van der Waals surface area contributed by atoms with Crippen molar-refractivity contribution in [2.24, 2.45) is 7.05 Å². The minimum Gasteiger partial charge on any atom is -0.364 e. The molecule has 0 aromatic carbocycles. The zero-order valence-electron chi connectivity index (χ0n) is 21.0. The molecule has 1 fully saturated rings. The Morgan fingerprint density at radius 2 is 1.97 bits per heavy atom. The van der Waals surface area contributed by atoms with Crippen LogP contribution in [0, 0.1) is 17.3 Å². The minimum atomic E-state index is -0.545. The van der Waals surface area contributed by atoms with Crippen molar-refractivity contribution < 1.29 is 4.39 Å². The van der Waals surface area contributed by atoms with E-state index in [1.165, 1.54) is 10.6 Å². The van der Waals surface area contributed by atoms with E-state index in [9.17, 15) is 9.18 Å². The van der Waals surface area contributed by atoms with Crippen LogP contribution in [0.15, 0.2) is 35.4 Å². The van der Waals surface area contributed by atoms with Crippen molar-refractivity contribution in [2.45, 2.75) is 58.3 Å². The average molecular weight is 492 g/mol. The Balaban J connectivity index is 1.50. The van der Waals surface area contributed by atoms with Gasteiger partial charge in [0, 0.05) is 56.6 Å². The van der Waals surface area contributed by atoms with Crippen LogP contribution in [-0.4, -0.2) is 59.0 Å². The second kappa shape index (κ2) is 9.35. The van der Waals surface area contributed by atoms with E-state index in [1.807, 2.05) is 6.07 Å². The standard InChI is InChI=1S/C25H30FN9O/c1-5-17-14-34(20-11-24(36)31(4)21-15-32(10-8-27)30-25(20)21)18(6-2)13-33(17)16(3)19-7-9-35-23(28-19)12-22(26)29-35/h7,9,11-12,15-18H,5-6,10,13-14H2,1-4H3/t16?,17-,18+/m1/s1. The lowest BCUT2D eigenvalue weighted by Crippen LogP contribution is -2.59. The van der Waals surface area contributed by atoms with Crippen molar-refractivity contribution >= 4 is 22.4 Å². The van der Waals surface area contributed by atoms with Gasteiger partial charge in [0.25, 0.3) is 5.56 Å². The van der Waals surface area contributed by atoms with Gasteiger partial charge in [-0.15, -0.1) is 5.10 Å². The van der Waals surface area contributed by atoms with Crippen LogP contribution in [0.2, 0.25) is 0 Å². The third kappa shape index (κ3) is 4.01. The van der Waals surface area contributed by atoms with E-state index in [-0.39, 0.29) is 30.2 Å². The molecule has 4 aromatic rings. The topological polar surface area (TPSA) is 100 Å². The molecule has 0 amide bonds. The highest BCUT2D eigenvalue weighted by Crippen LogP contribution is 2.34. The number of nitrogens with zero attached hydrogens (tertiary/aromatic N) is 9.